The first-order valence-corrected chi connectivity index (χ1v) is 11.7. The molecule has 4 nitrogen and oxygen atoms in total. The van der Waals surface area contributed by atoms with Gasteiger partial charge in [-0.2, -0.15) is 0 Å². The first-order chi connectivity index (χ1) is 15.2. The average molecular weight is 489 g/mol. The molecule has 2 aromatic heterocycles. The van der Waals surface area contributed by atoms with E-state index in [-0.39, 0.29) is 11.6 Å². The predicted molar refractivity (Wildman–Crippen MR) is 126 cm³/mol. The first kappa shape index (κ1) is 18.8. The Balaban J connectivity index is 1.64. The van der Waals surface area contributed by atoms with Crippen LogP contribution in [-0.2, 0) is 6.42 Å². The minimum atomic E-state index is -0.147. The summed E-state index contributed by atoms with van der Waals surface area (Å²) < 4.78 is 8.72. The fourth-order valence-corrected chi connectivity index (χ4v) is 5.79. The lowest BCUT2D eigenvalue weighted by molar-refractivity contribution is 0.531. The normalized spacial score (nSPS) is 17.7. The monoisotopic (exact) mass is 488 g/mol. The second kappa shape index (κ2) is 7.32. The molecule has 0 saturated carbocycles. The van der Waals surface area contributed by atoms with Crippen LogP contribution >= 0.6 is 27.3 Å². The van der Waals surface area contributed by atoms with Gasteiger partial charge in [0.15, 0.2) is 9.47 Å². The Morgan fingerprint density at radius 1 is 1.03 bits per heavy atom. The van der Waals surface area contributed by atoms with Gasteiger partial charge in [0.1, 0.15) is 5.76 Å². The Bertz CT molecular complexity index is 1530. The fraction of sp³-hybridized carbons (Fsp3) is 0.120. The van der Waals surface area contributed by atoms with Gasteiger partial charge in [-0.3, -0.25) is 9.36 Å². The van der Waals surface area contributed by atoms with Gasteiger partial charge in [0.25, 0.3) is 5.56 Å². The van der Waals surface area contributed by atoms with Crippen LogP contribution in [0.25, 0.3) is 11.8 Å². The van der Waals surface area contributed by atoms with Gasteiger partial charge in [-0.1, -0.05) is 65.9 Å². The molecule has 2 aliphatic rings. The lowest BCUT2D eigenvalue weighted by Gasteiger charge is -2.30. The van der Waals surface area contributed by atoms with Gasteiger partial charge in [-0.15, -0.1) is 0 Å². The molecule has 0 amide bonds. The van der Waals surface area contributed by atoms with Crippen molar-refractivity contribution in [2.45, 2.75) is 18.9 Å². The van der Waals surface area contributed by atoms with E-state index in [0.717, 1.165) is 28.9 Å². The van der Waals surface area contributed by atoms with Crippen LogP contribution in [0.5, 0.6) is 0 Å². The molecule has 6 rings (SSSR count). The number of hydrogen-bond donors (Lipinski definition) is 0. The Hall–Kier alpha value is -2.96. The summed E-state index contributed by atoms with van der Waals surface area (Å²) in [5, 5.41) is 0. The van der Waals surface area contributed by atoms with E-state index in [1.807, 2.05) is 34.9 Å². The number of thiazole rings is 1. The lowest BCUT2D eigenvalue weighted by atomic mass is 9.83. The van der Waals surface area contributed by atoms with Crippen LogP contribution < -0.4 is 14.9 Å². The Morgan fingerprint density at radius 3 is 2.65 bits per heavy atom. The van der Waals surface area contributed by atoms with Crippen molar-refractivity contribution in [3.8, 4) is 0 Å². The summed E-state index contributed by atoms with van der Waals surface area (Å²) in [7, 11) is 0. The molecule has 3 heterocycles. The number of fused-ring (bicyclic) bond motifs is 3. The SMILES string of the molecule is O=c1c(=Cc2ccc(Br)o2)sc2n1C(c1ccccc1)C1=C(N=2)c2ccccc2CC1. The van der Waals surface area contributed by atoms with Crippen LogP contribution in [0.4, 0.5) is 0 Å². The summed E-state index contributed by atoms with van der Waals surface area (Å²) in [6, 6.07) is 22.3. The molecule has 31 heavy (non-hydrogen) atoms. The van der Waals surface area contributed by atoms with Crippen LogP contribution in [0.1, 0.15) is 34.9 Å². The molecule has 0 saturated heterocycles. The molecule has 0 N–H and O–H groups in total. The second-order valence-corrected chi connectivity index (χ2v) is 9.46. The number of furan rings is 1. The summed E-state index contributed by atoms with van der Waals surface area (Å²) in [6.45, 7) is 0. The highest BCUT2D eigenvalue weighted by Crippen LogP contribution is 2.41. The van der Waals surface area contributed by atoms with Crippen LogP contribution in [0.15, 0.2) is 91.2 Å². The van der Waals surface area contributed by atoms with E-state index in [1.165, 1.54) is 28.0 Å². The lowest BCUT2D eigenvalue weighted by Crippen LogP contribution is -2.38. The van der Waals surface area contributed by atoms with Crippen molar-refractivity contribution in [3.05, 3.63) is 119 Å². The highest BCUT2D eigenvalue weighted by atomic mass is 79.9. The highest BCUT2D eigenvalue weighted by molar-refractivity contribution is 9.10. The molecular weight excluding hydrogens is 472 g/mol. The quantitative estimate of drug-likeness (QED) is 0.411. The Morgan fingerprint density at radius 2 is 1.84 bits per heavy atom. The van der Waals surface area contributed by atoms with Crippen molar-refractivity contribution in [2.75, 3.05) is 0 Å². The van der Waals surface area contributed by atoms with Crippen molar-refractivity contribution in [1.82, 2.24) is 4.57 Å². The van der Waals surface area contributed by atoms with Gasteiger partial charge < -0.3 is 4.42 Å². The van der Waals surface area contributed by atoms with Crippen molar-refractivity contribution in [1.29, 1.82) is 0 Å². The smallest absolute Gasteiger partial charge is 0.271 e. The van der Waals surface area contributed by atoms with Crippen molar-refractivity contribution < 1.29 is 4.42 Å². The van der Waals surface area contributed by atoms with E-state index in [1.54, 1.807) is 6.08 Å². The summed E-state index contributed by atoms with van der Waals surface area (Å²) >= 11 is 4.74. The van der Waals surface area contributed by atoms with Crippen LogP contribution in [0, 0.1) is 0 Å². The molecule has 1 aliphatic heterocycles. The number of hydrogen-bond acceptors (Lipinski definition) is 4. The molecule has 4 aromatic rings. The van der Waals surface area contributed by atoms with Gasteiger partial charge in [0, 0.05) is 11.6 Å². The van der Waals surface area contributed by atoms with Gasteiger partial charge in [-0.05, 0) is 57.6 Å². The number of allylic oxidation sites excluding steroid dienone is 1. The topological polar surface area (TPSA) is 47.5 Å². The minimum absolute atomic E-state index is 0.0319. The zero-order valence-corrected chi connectivity index (χ0v) is 18.8. The van der Waals surface area contributed by atoms with Gasteiger partial charge >= 0.3 is 0 Å². The molecule has 0 spiro atoms. The molecule has 152 valence electrons. The third-order valence-corrected chi connectivity index (χ3v) is 7.26. The summed E-state index contributed by atoms with van der Waals surface area (Å²) in [6.07, 6.45) is 3.65. The fourth-order valence-electron chi connectivity index (χ4n) is 4.49. The number of nitrogens with zero attached hydrogens (tertiary/aromatic N) is 2. The van der Waals surface area contributed by atoms with Crippen molar-refractivity contribution in [2.24, 2.45) is 4.99 Å². The zero-order valence-electron chi connectivity index (χ0n) is 16.4. The van der Waals surface area contributed by atoms with E-state index in [0.29, 0.717) is 15.0 Å². The number of aryl methyl sites for hydroxylation is 1. The molecular formula is C25H17BrN2O2S. The van der Waals surface area contributed by atoms with E-state index >= 15 is 0 Å². The molecule has 6 heteroatoms. The molecule has 1 atom stereocenters. The van der Waals surface area contributed by atoms with Gasteiger partial charge in [0.2, 0.25) is 0 Å². The summed E-state index contributed by atoms with van der Waals surface area (Å²) in [5.41, 5.74) is 5.80. The third kappa shape index (κ3) is 3.09. The molecule has 0 bridgehead atoms. The maximum absolute atomic E-state index is 13.5. The van der Waals surface area contributed by atoms with Gasteiger partial charge in [-0.25, -0.2) is 4.99 Å². The molecule has 1 unspecified atom stereocenters. The zero-order chi connectivity index (χ0) is 20.9. The van der Waals surface area contributed by atoms with Crippen LogP contribution in [0.3, 0.4) is 0 Å². The van der Waals surface area contributed by atoms with Gasteiger partial charge in [0.05, 0.1) is 16.3 Å². The van der Waals surface area contributed by atoms with Crippen LogP contribution in [-0.4, -0.2) is 4.57 Å². The highest BCUT2D eigenvalue weighted by Gasteiger charge is 2.32. The van der Waals surface area contributed by atoms with E-state index in [2.05, 4.69) is 52.3 Å². The van der Waals surface area contributed by atoms with E-state index in [4.69, 9.17) is 9.41 Å². The summed E-state index contributed by atoms with van der Waals surface area (Å²) in [5.74, 6) is 0.641. The average Bonchev–Trinajstić information content (AvgIpc) is 3.35. The molecule has 0 radical (unpaired) electrons. The number of rotatable bonds is 2. The van der Waals surface area contributed by atoms with E-state index < -0.39 is 0 Å². The predicted octanol–water partition coefficient (Wildman–Crippen LogP) is 4.67. The molecule has 2 aromatic carbocycles. The van der Waals surface area contributed by atoms with Crippen molar-refractivity contribution in [3.63, 3.8) is 0 Å². The largest absolute Gasteiger partial charge is 0.450 e. The standard InChI is InChI=1S/C25H17BrN2O2S/c26-21-13-11-17(30-21)14-20-24(29)28-23(16-7-2-1-3-8-16)19-12-10-15-6-4-5-9-18(15)22(19)27-25(28)31-20/h1-9,11,13-14,23H,10,12H2. The maximum atomic E-state index is 13.5. The first-order valence-electron chi connectivity index (χ1n) is 10.1. The van der Waals surface area contributed by atoms with Crippen LogP contribution in [0.2, 0.25) is 0 Å². The molecule has 1 aliphatic carbocycles. The molecule has 0 fully saturated rings. The Kier molecular flexibility index (Phi) is 4.44. The van der Waals surface area contributed by atoms with E-state index in [9.17, 15) is 4.79 Å². The third-order valence-electron chi connectivity index (χ3n) is 5.86. The second-order valence-electron chi connectivity index (χ2n) is 7.67. The Labute approximate surface area is 190 Å². The minimum Gasteiger partial charge on any atom is -0.450 e. The number of halogens is 1. The number of benzene rings is 2. The van der Waals surface area contributed by atoms with Crippen molar-refractivity contribution >= 4 is 39.0 Å². The number of aromatic nitrogens is 1. The summed E-state index contributed by atoms with van der Waals surface area (Å²) in [4.78, 5) is 19.3. The maximum Gasteiger partial charge on any atom is 0.271 e.